The number of aliphatic carboxylic acids is 1. The highest BCUT2D eigenvalue weighted by molar-refractivity contribution is 5.97. The Morgan fingerprint density at radius 3 is 2.35 bits per heavy atom. The quantitative estimate of drug-likeness (QED) is 0.254. The lowest BCUT2D eigenvalue weighted by atomic mass is 9.83. The molecule has 5 rings (SSSR count). The maximum atomic E-state index is 14.4. The number of nitrogens with zero attached hydrogens (tertiary/aromatic N) is 1. The van der Waals surface area contributed by atoms with E-state index in [1.165, 1.54) is 11.8 Å². The van der Waals surface area contributed by atoms with Crippen molar-refractivity contribution < 1.29 is 33.8 Å². The van der Waals surface area contributed by atoms with E-state index in [0.717, 1.165) is 48.4 Å². The average Bonchev–Trinajstić information content (AvgIpc) is 3.63. The smallest absolute Gasteiger partial charge is 0.329 e. The molecule has 0 unspecified atom stereocenters. The Morgan fingerprint density at radius 1 is 1.00 bits per heavy atom. The van der Waals surface area contributed by atoms with Crippen LogP contribution < -0.4 is 16.0 Å². The first-order valence-electron chi connectivity index (χ1n) is 17.5. The van der Waals surface area contributed by atoms with Crippen LogP contribution in [0.1, 0.15) is 84.6 Å². The van der Waals surface area contributed by atoms with E-state index >= 15 is 0 Å². The summed E-state index contributed by atoms with van der Waals surface area (Å²) in [5, 5.41) is 20.7. The maximum Gasteiger partial charge on any atom is 0.329 e. The minimum absolute atomic E-state index is 0.0278. The number of carboxylic acids is 1. The Balaban J connectivity index is 1.36. The lowest BCUT2D eigenvalue weighted by molar-refractivity contribution is -0.146. The number of carbonyl (C=O) groups excluding carboxylic acids is 4. The molecule has 1 heterocycles. The van der Waals surface area contributed by atoms with Crippen LogP contribution in [0, 0.1) is 17.8 Å². The van der Waals surface area contributed by atoms with Gasteiger partial charge in [-0.15, -0.1) is 0 Å². The van der Waals surface area contributed by atoms with Gasteiger partial charge in [0.2, 0.25) is 23.6 Å². The molecular weight excluding hydrogens is 612 g/mol. The van der Waals surface area contributed by atoms with E-state index in [2.05, 4.69) is 16.0 Å². The number of hydrogen-bond donors (Lipinski definition) is 4. The Kier molecular flexibility index (Phi) is 11.1. The summed E-state index contributed by atoms with van der Waals surface area (Å²) in [7, 11) is 0. The average molecular weight is 663 g/mol. The van der Waals surface area contributed by atoms with Crippen molar-refractivity contribution in [2.45, 2.75) is 115 Å². The largest absolute Gasteiger partial charge is 0.479 e. The van der Waals surface area contributed by atoms with Crippen molar-refractivity contribution in [2.24, 2.45) is 17.8 Å². The second-order valence-electron chi connectivity index (χ2n) is 14.2. The highest BCUT2D eigenvalue weighted by atomic mass is 16.5. The molecule has 0 aromatic heterocycles. The summed E-state index contributed by atoms with van der Waals surface area (Å²) in [4.78, 5) is 67.7. The van der Waals surface area contributed by atoms with Crippen molar-refractivity contribution in [2.75, 3.05) is 6.54 Å². The predicted molar refractivity (Wildman–Crippen MR) is 180 cm³/mol. The van der Waals surface area contributed by atoms with Gasteiger partial charge in [-0.1, -0.05) is 88.9 Å². The molecule has 4 N–H and O–H groups in total. The monoisotopic (exact) mass is 662 g/mol. The molecule has 11 heteroatoms. The molecule has 1 saturated heterocycles. The fourth-order valence-corrected chi connectivity index (χ4v) is 7.65. The molecule has 2 aromatic carbocycles. The van der Waals surface area contributed by atoms with Crippen LogP contribution in [0.4, 0.5) is 0 Å². The van der Waals surface area contributed by atoms with E-state index in [4.69, 9.17) is 4.74 Å². The molecule has 2 aromatic rings. The zero-order valence-corrected chi connectivity index (χ0v) is 28.5. The number of amides is 4. The van der Waals surface area contributed by atoms with Crippen molar-refractivity contribution >= 4 is 40.4 Å². The van der Waals surface area contributed by atoms with Crippen LogP contribution in [0.5, 0.6) is 0 Å². The van der Waals surface area contributed by atoms with E-state index in [-0.39, 0.29) is 43.2 Å². The molecule has 4 amide bonds. The first kappa shape index (κ1) is 35.3. The van der Waals surface area contributed by atoms with Crippen molar-refractivity contribution in [1.29, 1.82) is 0 Å². The van der Waals surface area contributed by atoms with Crippen LogP contribution in [-0.2, 0) is 35.3 Å². The number of rotatable bonds is 13. The van der Waals surface area contributed by atoms with Crippen molar-refractivity contribution in [1.82, 2.24) is 20.9 Å². The number of hydrogen-bond acceptors (Lipinski definition) is 6. The number of ether oxygens (including phenoxy) is 1. The van der Waals surface area contributed by atoms with Gasteiger partial charge < -0.3 is 30.7 Å². The van der Waals surface area contributed by atoms with Gasteiger partial charge >= 0.3 is 5.97 Å². The summed E-state index contributed by atoms with van der Waals surface area (Å²) in [6, 6.07) is 11.3. The standard InChI is InChI=1S/C37H50N4O7/c1-5-27-19-37(27,36(46)47)40-33(43)30-18-28(48-21-26-16-11-15-24-12-9-10-17-29(24)26)20-41(30)35(45)31(22(2)3)39-34(44)32(38-23(4)42)25-13-7-6-8-14-25/h9-12,15-17,22,25,27-28,30-32H,5-8,13-14,18-21H2,1-4H3,(H,38,42)(H,39,44)(H,40,43)(H,46,47)/t27-,28-,30+,31+,32+,37+/m1/s1. The fourth-order valence-electron chi connectivity index (χ4n) is 7.65. The Bertz CT molecular complexity index is 1520. The number of benzene rings is 2. The summed E-state index contributed by atoms with van der Waals surface area (Å²) in [5.41, 5.74) is -0.369. The van der Waals surface area contributed by atoms with Crippen molar-refractivity contribution in [3.63, 3.8) is 0 Å². The van der Waals surface area contributed by atoms with Gasteiger partial charge in [-0.05, 0) is 53.4 Å². The molecule has 1 aliphatic heterocycles. The van der Waals surface area contributed by atoms with Crippen LogP contribution in [0.25, 0.3) is 10.8 Å². The van der Waals surface area contributed by atoms with Gasteiger partial charge in [0, 0.05) is 19.9 Å². The van der Waals surface area contributed by atoms with Gasteiger partial charge in [0.1, 0.15) is 23.7 Å². The van der Waals surface area contributed by atoms with Gasteiger partial charge in [0.25, 0.3) is 0 Å². The summed E-state index contributed by atoms with van der Waals surface area (Å²) in [5.74, 6) is -3.33. The molecule has 0 spiro atoms. The maximum absolute atomic E-state index is 14.4. The summed E-state index contributed by atoms with van der Waals surface area (Å²) >= 11 is 0. The second kappa shape index (κ2) is 15.1. The highest BCUT2D eigenvalue weighted by Crippen LogP contribution is 2.46. The molecule has 2 aliphatic carbocycles. The Morgan fingerprint density at radius 2 is 1.71 bits per heavy atom. The van der Waals surface area contributed by atoms with E-state index in [1.807, 2.05) is 63.2 Å². The number of carbonyl (C=O) groups is 5. The molecular formula is C37H50N4O7. The third kappa shape index (κ3) is 7.66. The van der Waals surface area contributed by atoms with E-state index in [9.17, 15) is 29.1 Å². The topological polar surface area (TPSA) is 154 Å². The zero-order valence-electron chi connectivity index (χ0n) is 28.5. The fraction of sp³-hybridized carbons (Fsp3) is 0.595. The Labute approximate surface area is 282 Å². The number of likely N-dealkylation sites (tertiary alicyclic amines) is 1. The minimum atomic E-state index is -1.35. The molecule has 2 saturated carbocycles. The zero-order chi connectivity index (χ0) is 34.6. The molecule has 0 bridgehead atoms. The number of nitrogens with one attached hydrogen (secondary N) is 3. The molecule has 3 aliphatic rings. The third-order valence-electron chi connectivity index (χ3n) is 10.5. The molecule has 3 fully saturated rings. The van der Waals surface area contributed by atoms with Crippen LogP contribution in [0.15, 0.2) is 42.5 Å². The van der Waals surface area contributed by atoms with Gasteiger partial charge in [-0.25, -0.2) is 4.79 Å². The molecule has 260 valence electrons. The van der Waals surface area contributed by atoms with Gasteiger partial charge in [-0.3, -0.25) is 19.2 Å². The van der Waals surface area contributed by atoms with Crippen molar-refractivity contribution in [3.8, 4) is 0 Å². The first-order chi connectivity index (χ1) is 22.9. The lowest BCUT2D eigenvalue weighted by Crippen LogP contribution is -2.60. The molecule has 6 atom stereocenters. The van der Waals surface area contributed by atoms with Crippen LogP contribution in [0.2, 0.25) is 0 Å². The van der Waals surface area contributed by atoms with E-state index in [1.54, 1.807) is 0 Å². The SMILES string of the molecule is CC[C@@H]1C[C@@]1(NC(=O)[C@@H]1C[C@@H](OCc2cccc3ccccc23)CN1C(=O)[C@@H](NC(=O)[C@@H](NC(C)=O)C1CCCCC1)C(C)C)C(=O)O. The van der Waals surface area contributed by atoms with Crippen molar-refractivity contribution in [3.05, 3.63) is 48.0 Å². The summed E-state index contributed by atoms with van der Waals surface area (Å²) < 4.78 is 6.35. The predicted octanol–water partition coefficient (Wildman–Crippen LogP) is 3.92. The first-order valence-corrected chi connectivity index (χ1v) is 17.5. The third-order valence-corrected chi connectivity index (χ3v) is 10.5. The van der Waals surface area contributed by atoms with Crippen LogP contribution in [0.3, 0.4) is 0 Å². The summed E-state index contributed by atoms with van der Waals surface area (Å²) in [6.45, 7) is 7.30. The second-order valence-corrected chi connectivity index (χ2v) is 14.2. The van der Waals surface area contributed by atoms with E-state index in [0.29, 0.717) is 12.8 Å². The van der Waals surface area contributed by atoms with Gasteiger partial charge in [0.05, 0.1) is 12.7 Å². The minimum Gasteiger partial charge on any atom is -0.479 e. The Hall–Kier alpha value is -3.99. The molecule has 0 radical (unpaired) electrons. The summed E-state index contributed by atoms with van der Waals surface area (Å²) in [6.07, 6.45) is 5.29. The molecule has 48 heavy (non-hydrogen) atoms. The van der Waals surface area contributed by atoms with Gasteiger partial charge in [-0.2, -0.15) is 0 Å². The van der Waals surface area contributed by atoms with Gasteiger partial charge in [0.15, 0.2) is 0 Å². The van der Waals surface area contributed by atoms with Crippen LogP contribution in [-0.4, -0.2) is 75.9 Å². The van der Waals surface area contributed by atoms with E-state index < -0.39 is 53.5 Å². The number of carboxylic acid groups (broad SMARTS) is 1. The normalized spacial score (nSPS) is 25.4. The lowest BCUT2D eigenvalue weighted by Gasteiger charge is -2.34. The number of fused-ring (bicyclic) bond motifs is 1. The molecule has 11 nitrogen and oxygen atoms in total. The highest BCUT2D eigenvalue weighted by Gasteiger charge is 2.61. The van der Waals surface area contributed by atoms with Crippen LogP contribution >= 0.6 is 0 Å².